The summed E-state index contributed by atoms with van der Waals surface area (Å²) >= 11 is 0. The Hall–Kier alpha value is -3.36. The van der Waals surface area contributed by atoms with Crippen LogP contribution in [0.5, 0.6) is 0 Å². The molecule has 12 nitrogen and oxygen atoms in total. The van der Waals surface area contributed by atoms with Crippen LogP contribution in [0.2, 0.25) is 0 Å². The Morgan fingerprint density at radius 3 is 2.27 bits per heavy atom. The van der Waals surface area contributed by atoms with Crippen molar-refractivity contribution in [1.82, 2.24) is 9.21 Å². The van der Waals surface area contributed by atoms with Crippen molar-refractivity contribution in [3.05, 3.63) is 52.7 Å². The molecule has 6 heterocycles. The lowest BCUT2D eigenvalue weighted by molar-refractivity contribution is -1.08. The van der Waals surface area contributed by atoms with Crippen molar-refractivity contribution in [2.45, 2.75) is 44.0 Å². The number of benzene rings is 2. The zero-order valence-corrected chi connectivity index (χ0v) is 25.8. The van der Waals surface area contributed by atoms with Gasteiger partial charge in [0.1, 0.15) is 51.5 Å². The molecule has 2 aromatic rings. The molecular weight excluding hydrogens is 586 g/mol. The number of β-lactam (4-membered cyclic amide) rings is 1. The molecule has 44 heavy (non-hydrogen) atoms. The Morgan fingerprint density at radius 2 is 1.68 bits per heavy atom. The average molecular weight is 626 g/mol. The Balaban J connectivity index is 1.22. The molecular formula is C31H39N5O7S+2. The van der Waals surface area contributed by atoms with Crippen LogP contribution in [0.3, 0.4) is 0 Å². The van der Waals surface area contributed by atoms with Crippen LogP contribution in [0, 0.1) is 11.8 Å². The number of primary amides is 1. The number of sulfonamides is 1. The van der Waals surface area contributed by atoms with E-state index in [-0.39, 0.29) is 29.6 Å². The highest BCUT2D eigenvalue weighted by Crippen LogP contribution is 2.48. The van der Waals surface area contributed by atoms with Crippen LogP contribution >= 0.6 is 0 Å². The fraction of sp³-hybridized carbons (Fsp3) is 0.516. The SMILES string of the molecule is C[C@@H](O)[C@H]1C(=O)N2C(C(=O)O)=C(CN3Cc4c(cc(C[N+]56CC[N+](CC(N)=O)(CC5)CC6)c5ccccc45)S3(=O)=O)[C@H](C)[C@H]12. The molecule has 6 aliphatic rings. The van der Waals surface area contributed by atoms with Crippen molar-refractivity contribution >= 4 is 38.6 Å². The smallest absolute Gasteiger partial charge is 0.352 e. The quantitative estimate of drug-likeness (QED) is 0.279. The Bertz CT molecular complexity index is 1750. The maximum Gasteiger partial charge on any atom is 0.352 e. The maximum absolute atomic E-state index is 14.1. The Kier molecular flexibility index (Phi) is 6.55. The second kappa shape index (κ2) is 9.82. The number of nitrogens with zero attached hydrogens (tertiary/aromatic N) is 4. The Labute approximate surface area is 256 Å². The van der Waals surface area contributed by atoms with E-state index in [2.05, 4.69) is 0 Å². The van der Waals surface area contributed by atoms with E-state index in [0.29, 0.717) is 24.2 Å². The molecule has 8 rings (SSSR count). The number of amides is 2. The molecule has 0 spiro atoms. The molecule has 2 bridgehead atoms. The summed E-state index contributed by atoms with van der Waals surface area (Å²) in [5.41, 5.74) is 7.43. The van der Waals surface area contributed by atoms with E-state index < -0.39 is 45.9 Å². The van der Waals surface area contributed by atoms with E-state index in [1.54, 1.807) is 6.92 Å². The lowest BCUT2D eigenvalue weighted by Crippen LogP contribution is -2.75. The van der Waals surface area contributed by atoms with Gasteiger partial charge in [-0.25, -0.2) is 13.2 Å². The normalized spacial score (nSPS) is 32.9. The van der Waals surface area contributed by atoms with Crippen LogP contribution in [0.25, 0.3) is 10.8 Å². The zero-order valence-electron chi connectivity index (χ0n) is 25.0. The standard InChI is InChI=1S/C31H37N5O7S/c1-18-23(29(31(40)41)34-28(18)27(19(2)37)30(34)39)14-33-15-24-22-6-4-3-5-21(22)20(13-25(24)44(33,42)43)16-35-7-10-36(11-8-35,12-9-35)17-26(32)38/h3-6,13,18-19,27-28,37H,7-12,14-17H2,1-2H3,(H-2,32,38,40,41)/p+2/t18-,19+,27+,28+,35?,36?/m0/s1. The number of carbonyl (C=O) groups is 3. The lowest BCUT2D eigenvalue weighted by Gasteiger charge is -2.55. The van der Waals surface area contributed by atoms with Crippen LogP contribution in [0.4, 0.5) is 0 Å². The first-order chi connectivity index (χ1) is 20.8. The van der Waals surface area contributed by atoms with Gasteiger partial charge in [0.05, 0.1) is 23.0 Å². The number of carbonyl (C=O) groups excluding carboxylic acids is 2. The van der Waals surface area contributed by atoms with Gasteiger partial charge in [-0.15, -0.1) is 0 Å². The fourth-order valence-electron chi connectivity index (χ4n) is 8.70. The fourth-order valence-corrected chi connectivity index (χ4v) is 10.4. The molecule has 4 fully saturated rings. The second-order valence-electron chi connectivity index (χ2n) is 13.6. The van der Waals surface area contributed by atoms with Crippen LogP contribution in [-0.2, 0) is 37.5 Å². The van der Waals surface area contributed by atoms with Crippen LogP contribution in [0.1, 0.15) is 25.0 Å². The van der Waals surface area contributed by atoms with Crippen molar-refractivity contribution < 1.29 is 42.0 Å². The first-order valence-electron chi connectivity index (χ1n) is 15.3. The predicted octanol–water partition coefficient (Wildman–Crippen LogP) is 0.186. The molecule has 0 unspecified atom stereocenters. The lowest BCUT2D eigenvalue weighted by atomic mass is 9.78. The van der Waals surface area contributed by atoms with Gasteiger partial charge in [0.15, 0.2) is 6.54 Å². The van der Waals surface area contributed by atoms with Gasteiger partial charge in [-0.2, -0.15) is 4.31 Å². The van der Waals surface area contributed by atoms with Crippen LogP contribution in [-0.4, -0.2) is 119 Å². The Morgan fingerprint density at radius 1 is 1.07 bits per heavy atom. The molecule has 2 aromatic carbocycles. The molecule has 13 heteroatoms. The molecule has 4 saturated heterocycles. The monoisotopic (exact) mass is 625 g/mol. The minimum Gasteiger partial charge on any atom is -0.477 e. The van der Waals surface area contributed by atoms with Gasteiger partial charge in [-0.3, -0.25) is 9.59 Å². The summed E-state index contributed by atoms with van der Waals surface area (Å²) in [6, 6.07) is 9.17. The molecule has 0 saturated carbocycles. The van der Waals surface area contributed by atoms with Crippen molar-refractivity contribution in [2.75, 3.05) is 52.4 Å². The number of carboxylic acids is 1. The number of hydrogen-bond acceptors (Lipinski definition) is 6. The number of fused-ring (bicyclic) bond motifs is 7. The van der Waals surface area contributed by atoms with Crippen molar-refractivity contribution in [1.29, 1.82) is 0 Å². The maximum atomic E-state index is 14.1. The van der Waals surface area contributed by atoms with Gasteiger partial charge in [-0.1, -0.05) is 31.2 Å². The number of piperazine rings is 3. The predicted molar refractivity (Wildman–Crippen MR) is 159 cm³/mol. The third-order valence-electron chi connectivity index (χ3n) is 11.2. The molecule has 6 aliphatic heterocycles. The van der Waals surface area contributed by atoms with E-state index in [1.165, 1.54) is 16.1 Å². The summed E-state index contributed by atoms with van der Waals surface area (Å²) in [4.78, 5) is 38.4. The third-order valence-corrected chi connectivity index (χ3v) is 13.0. The highest BCUT2D eigenvalue weighted by molar-refractivity contribution is 7.89. The average Bonchev–Trinajstić information content (AvgIpc) is 3.36. The van der Waals surface area contributed by atoms with Gasteiger partial charge in [0.2, 0.25) is 15.9 Å². The van der Waals surface area contributed by atoms with Gasteiger partial charge >= 0.3 is 5.97 Å². The van der Waals surface area contributed by atoms with E-state index >= 15 is 0 Å². The largest absolute Gasteiger partial charge is 0.477 e. The number of aliphatic hydroxyl groups excluding tert-OH is 1. The number of quaternary nitrogens is 2. The minimum absolute atomic E-state index is 0.104. The highest BCUT2D eigenvalue weighted by Gasteiger charge is 2.60. The number of aliphatic carboxylic acids is 1. The van der Waals surface area contributed by atoms with Crippen molar-refractivity contribution in [3.63, 3.8) is 0 Å². The minimum atomic E-state index is -3.97. The first kappa shape index (κ1) is 29.4. The summed E-state index contributed by atoms with van der Waals surface area (Å²) in [7, 11) is -3.97. The molecule has 4 atom stereocenters. The molecule has 234 valence electrons. The molecule has 2 amide bonds. The number of nitrogens with two attached hydrogens (primary N) is 1. The summed E-state index contributed by atoms with van der Waals surface area (Å²) in [5, 5.41) is 22.2. The second-order valence-corrected chi connectivity index (χ2v) is 15.5. The van der Waals surface area contributed by atoms with Crippen molar-refractivity contribution in [3.8, 4) is 0 Å². The van der Waals surface area contributed by atoms with Gasteiger partial charge in [0, 0.05) is 24.6 Å². The molecule has 0 radical (unpaired) electrons. The van der Waals surface area contributed by atoms with E-state index in [9.17, 15) is 33.0 Å². The van der Waals surface area contributed by atoms with E-state index in [4.69, 9.17) is 5.73 Å². The van der Waals surface area contributed by atoms with E-state index in [0.717, 1.165) is 64.6 Å². The number of rotatable bonds is 8. The van der Waals surface area contributed by atoms with Gasteiger partial charge in [0.25, 0.3) is 5.91 Å². The number of carboxylic acid groups (broad SMARTS) is 1. The topological polar surface area (TPSA) is 158 Å². The van der Waals surface area contributed by atoms with E-state index in [1.807, 2.05) is 30.3 Å². The van der Waals surface area contributed by atoms with Crippen molar-refractivity contribution in [2.24, 2.45) is 17.6 Å². The summed E-state index contributed by atoms with van der Waals surface area (Å²) < 4.78 is 31.2. The third kappa shape index (κ3) is 4.17. The molecule has 0 aromatic heterocycles. The number of aliphatic hydroxyl groups is 1. The molecule has 4 N–H and O–H groups in total. The number of hydrogen-bond donors (Lipinski definition) is 3. The molecule has 0 aliphatic carbocycles. The van der Waals surface area contributed by atoms with Gasteiger partial charge in [-0.05, 0) is 34.9 Å². The van der Waals surface area contributed by atoms with Gasteiger partial charge < -0.3 is 29.8 Å². The summed E-state index contributed by atoms with van der Waals surface area (Å²) in [5.74, 6) is -3.12. The summed E-state index contributed by atoms with van der Waals surface area (Å²) in [6.45, 7) is 9.62. The zero-order chi connectivity index (χ0) is 31.3. The van der Waals surface area contributed by atoms with Crippen LogP contribution in [0.15, 0.2) is 46.5 Å². The summed E-state index contributed by atoms with van der Waals surface area (Å²) in [6.07, 6.45) is -0.935. The highest BCUT2D eigenvalue weighted by atomic mass is 32.2. The van der Waals surface area contributed by atoms with Crippen LogP contribution < -0.4 is 5.73 Å². The first-order valence-corrected chi connectivity index (χ1v) is 16.7.